The van der Waals surface area contributed by atoms with Crippen LogP contribution >= 0.6 is 0 Å². The number of amides is 1. The van der Waals surface area contributed by atoms with Gasteiger partial charge < -0.3 is 24.4 Å². The molecule has 0 saturated carbocycles. The number of rotatable bonds is 8. The van der Waals surface area contributed by atoms with Gasteiger partial charge in [0.05, 0.1) is 27.6 Å². The Morgan fingerprint density at radius 1 is 1.42 bits per heavy atom. The molecule has 10 nitrogen and oxygen atoms in total. The second-order valence-electron chi connectivity index (χ2n) is 8.88. The van der Waals surface area contributed by atoms with E-state index in [0.717, 1.165) is 0 Å². The van der Waals surface area contributed by atoms with Gasteiger partial charge in [-0.05, 0) is 32.8 Å². The highest BCUT2D eigenvalue weighted by atomic mass is 28.3. The van der Waals surface area contributed by atoms with Gasteiger partial charge in [-0.3, -0.25) is 9.88 Å². The molecule has 1 fully saturated rings. The Hall–Kier alpha value is -1.79. The summed E-state index contributed by atoms with van der Waals surface area (Å²) in [7, 11) is -1.97. The second kappa shape index (κ2) is 9.78. The van der Waals surface area contributed by atoms with E-state index in [4.69, 9.17) is 14.2 Å². The lowest BCUT2D eigenvalue weighted by molar-refractivity contribution is -0.134. The van der Waals surface area contributed by atoms with Crippen LogP contribution in [0.1, 0.15) is 34.6 Å². The van der Waals surface area contributed by atoms with Gasteiger partial charge in [0.2, 0.25) is 0 Å². The van der Waals surface area contributed by atoms with Crippen LogP contribution in [0, 0.1) is 5.92 Å². The van der Waals surface area contributed by atoms with Gasteiger partial charge in [0.15, 0.2) is 5.35 Å². The van der Waals surface area contributed by atoms with E-state index in [2.05, 4.69) is 10.3 Å². The van der Waals surface area contributed by atoms with E-state index >= 15 is 0 Å². The van der Waals surface area contributed by atoms with Crippen molar-refractivity contribution in [2.24, 2.45) is 5.92 Å². The normalized spacial score (nSPS) is 26.5. The SMILES string of the molecule is CCOC(=O)Nc1ccn([C@]2([SiH](C)C)O[C@H](COC(C)(C)C(C)C)[C@@H](O)[C@H]2O)c(=O)n1. The van der Waals surface area contributed by atoms with Gasteiger partial charge in [-0.15, -0.1) is 0 Å². The summed E-state index contributed by atoms with van der Waals surface area (Å²) in [4.78, 5) is 28.3. The van der Waals surface area contributed by atoms with Crippen molar-refractivity contribution in [2.45, 2.75) is 77.0 Å². The highest BCUT2D eigenvalue weighted by Crippen LogP contribution is 2.38. The molecule has 0 unspecified atom stereocenters. The van der Waals surface area contributed by atoms with Gasteiger partial charge in [0, 0.05) is 6.20 Å². The summed E-state index contributed by atoms with van der Waals surface area (Å²) >= 11 is 0. The zero-order valence-electron chi connectivity index (χ0n) is 19.3. The van der Waals surface area contributed by atoms with E-state index in [-0.39, 0.29) is 24.9 Å². The molecule has 1 aliphatic rings. The minimum atomic E-state index is -1.97. The van der Waals surface area contributed by atoms with Crippen LogP contribution in [0.15, 0.2) is 17.1 Å². The average Bonchev–Trinajstić information content (AvgIpc) is 2.92. The first-order chi connectivity index (χ1) is 14.4. The number of anilines is 1. The minimum absolute atomic E-state index is 0.0203. The lowest BCUT2D eigenvalue weighted by Gasteiger charge is -2.37. The number of aliphatic hydroxyl groups excluding tert-OH is 2. The first-order valence-corrected chi connectivity index (χ1v) is 13.5. The lowest BCUT2D eigenvalue weighted by atomic mass is 9.94. The first kappa shape index (κ1) is 25.5. The number of aliphatic hydroxyl groups is 2. The largest absolute Gasteiger partial charge is 0.450 e. The minimum Gasteiger partial charge on any atom is -0.450 e. The molecular weight excluding hydrogens is 422 g/mol. The fraction of sp³-hybridized carbons (Fsp3) is 0.750. The van der Waals surface area contributed by atoms with Gasteiger partial charge in [-0.1, -0.05) is 26.9 Å². The number of carbonyl (C=O) groups excluding carboxylic acids is 1. The van der Waals surface area contributed by atoms with Gasteiger partial charge in [0.1, 0.15) is 24.1 Å². The Balaban J connectivity index is 2.33. The van der Waals surface area contributed by atoms with Crippen molar-refractivity contribution in [2.75, 3.05) is 18.5 Å². The fourth-order valence-electron chi connectivity index (χ4n) is 3.39. The molecule has 4 atom stereocenters. The molecular formula is C20H35N3O7Si. The third-order valence-corrected chi connectivity index (χ3v) is 8.40. The number of aromatic nitrogens is 2. The Morgan fingerprint density at radius 3 is 2.58 bits per heavy atom. The van der Waals surface area contributed by atoms with Crippen LogP contribution in [-0.4, -0.2) is 71.8 Å². The zero-order valence-corrected chi connectivity index (χ0v) is 20.4. The van der Waals surface area contributed by atoms with Crippen molar-refractivity contribution in [3.63, 3.8) is 0 Å². The number of nitrogens with one attached hydrogen (secondary N) is 1. The third-order valence-electron chi connectivity index (χ3n) is 5.99. The zero-order chi connectivity index (χ0) is 23.6. The van der Waals surface area contributed by atoms with E-state index in [1.807, 2.05) is 40.8 Å². The maximum absolute atomic E-state index is 12.8. The van der Waals surface area contributed by atoms with E-state index in [0.29, 0.717) is 0 Å². The molecule has 0 aliphatic carbocycles. The Morgan fingerprint density at radius 2 is 2.06 bits per heavy atom. The topological polar surface area (TPSA) is 132 Å². The highest BCUT2D eigenvalue weighted by molar-refractivity contribution is 6.58. The van der Waals surface area contributed by atoms with Crippen molar-refractivity contribution >= 4 is 20.7 Å². The molecule has 1 aromatic heterocycles. The summed E-state index contributed by atoms with van der Waals surface area (Å²) < 4.78 is 18.2. The summed E-state index contributed by atoms with van der Waals surface area (Å²) in [6.07, 6.45) is -2.70. The molecule has 2 rings (SSSR count). The number of hydrogen-bond donors (Lipinski definition) is 3. The smallest absolute Gasteiger partial charge is 0.412 e. The summed E-state index contributed by atoms with van der Waals surface area (Å²) in [5, 5.41) is 22.7. The highest BCUT2D eigenvalue weighted by Gasteiger charge is 2.58. The molecule has 0 spiro atoms. The predicted octanol–water partition coefficient (Wildman–Crippen LogP) is 1.06. The van der Waals surface area contributed by atoms with Crippen LogP contribution in [0.5, 0.6) is 0 Å². The van der Waals surface area contributed by atoms with E-state index in [1.54, 1.807) is 6.92 Å². The van der Waals surface area contributed by atoms with Crippen LogP contribution in [0.25, 0.3) is 0 Å². The number of nitrogens with zero attached hydrogens (tertiary/aromatic N) is 2. The maximum Gasteiger partial charge on any atom is 0.412 e. The molecule has 11 heteroatoms. The van der Waals surface area contributed by atoms with Crippen molar-refractivity contribution in [3.05, 3.63) is 22.7 Å². The molecule has 1 amide bonds. The molecule has 2 heterocycles. The lowest BCUT2D eigenvalue weighted by Crippen LogP contribution is -2.58. The summed E-state index contributed by atoms with van der Waals surface area (Å²) in [5.41, 5.74) is -1.17. The van der Waals surface area contributed by atoms with Gasteiger partial charge >= 0.3 is 11.8 Å². The third kappa shape index (κ3) is 5.17. The number of ether oxygens (including phenoxy) is 3. The maximum atomic E-state index is 12.8. The predicted molar refractivity (Wildman–Crippen MR) is 118 cm³/mol. The van der Waals surface area contributed by atoms with Crippen LogP contribution in [-0.2, 0) is 19.6 Å². The second-order valence-corrected chi connectivity index (χ2v) is 12.0. The van der Waals surface area contributed by atoms with E-state index < -0.39 is 49.8 Å². The van der Waals surface area contributed by atoms with E-state index in [1.165, 1.54) is 16.8 Å². The number of carbonyl (C=O) groups is 1. The Bertz CT molecular complexity index is 829. The molecule has 1 saturated heterocycles. The van der Waals surface area contributed by atoms with Gasteiger partial charge in [0.25, 0.3) is 0 Å². The summed E-state index contributed by atoms with van der Waals surface area (Å²) in [5.74, 6) is 0.248. The fourth-order valence-corrected chi connectivity index (χ4v) is 5.47. The quantitative estimate of drug-likeness (QED) is 0.494. The molecule has 0 bridgehead atoms. The first-order valence-electron chi connectivity index (χ1n) is 10.6. The average molecular weight is 458 g/mol. The van der Waals surface area contributed by atoms with Gasteiger partial charge in [-0.2, -0.15) is 4.98 Å². The van der Waals surface area contributed by atoms with E-state index in [9.17, 15) is 19.8 Å². The molecule has 1 aliphatic heterocycles. The van der Waals surface area contributed by atoms with Crippen LogP contribution in [0.4, 0.5) is 10.6 Å². The standard InChI is InChI=1S/C20H35N3O7Si/c1-8-28-18(27)22-14-9-10-23(17(26)21-14)20(31(6)7)16(25)15(24)13(30-20)11-29-19(4,5)12(2)3/h9-10,12-13,15-16,24-25,31H,8,11H2,1-7H3,(H,21,22,26,27)/t13-,15-,16-,20+/m1/s1. The van der Waals surface area contributed by atoms with Crippen LogP contribution in [0.2, 0.25) is 13.1 Å². The van der Waals surface area contributed by atoms with Crippen LogP contribution in [0.3, 0.4) is 0 Å². The molecule has 3 N–H and O–H groups in total. The molecule has 31 heavy (non-hydrogen) atoms. The summed E-state index contributed by atoms with van der Waals surface area (Å²) in [6.45, 7) is 13.7. The monoisotopic (exact) mass is 457 g/mol. The van der Waals surface area contributed by atoms with Crippen molar-refractivity contribution in [3.8, 4) is 0 Å². The van der Waals surface area contributed by atoms with Crippen molar-refractivity contribution in [1.82, 2.24) is 9.55 Å². The molecule has 1 aromatic rings. The van der Waals surface area contributed by atoms with Crippen LogP contribution < -0.4 is 11.0 Å². The van der Waals surface area contributed by atoms with Crippen molar-refractivity contribution in [1.29, 1.82) is 0 Å². The summed E-state index contributed by atoms with van der Waals surface area (Å²) in [6, 6.07) is 1.42. The number of hydrogen-bond acceptors (Lipinski definition) is 8. The van der Waals surface area contributed by atoms with Crippen molar-refractivity contribution < 1.29 is 29.2 Å². The Labute approximate surface area is 184 Å². The molecule has 176 valence electrons. The molecule has 0 aromatic carbocycles. The Kier molecular flexibility index (Phi) is 8.03. The molecule has 0 radical (unpaired) electrons. The van der Waals surface area contributed by atoms with Gasteiger partial charge in [-0.25, -0.2) is 9.59 Å².